The lowest BCUT2D eigenvalue weighted by Gasteiger charge is -2.27. The Labute approximate surface area is 229 Å². The Balaban J connectivity index is 1.74. The van der Waals surface area contributed by atoms with E-state index in [1.807, 2.05) is 48.5 Å². The first-order valence-electron chi connectivity index (χ1n) is 14.5. The van der Waals surface area contributed by atoms with Gasteiger partial charge in [-0.1, -0.05) is 70.4 Å². The lowest BCUT2D eigenvalue weighted by molar-refractivity contribution is -0.117. The highest BCUT2D eigenvalue weighted by molar-refractivity contribution is 5.99. The summed E-state index contributed by atoms with van der Waals surface area (Å²) >= 11 is 0. The molecule has 0 radical (unpaired) electrons. The van der Waals surface area contributed by atoms with Gasteiger partial charge in [-0.25, -0.2) is 0 Å². The van der Waals surface area contributed by atoms with Gasteiger partial charge in [0.05, 0.1) is 12.1 Å². The molecular formula is C32H47N3O3. The van der Waals surface area contributed by atoms with Gasteiger partial charge >= 0.3 is 0 Å². The summed E-state index contributed by atoms with van der Waals surface area (Å²) in [4.78, 5) is 27.7. The van der Waals surface area contributed by atoms with Crippen LogP contribution in [-0.2, 0) is 17.6 Å². The van der Waals surface area contributed by atoms with Crippen LogP contribution in [0, 0.1) is 5.92 Å². The number of amides is 2. The van der Waals surface area contributed by atoms with Crippen LogP contribution in [0.25, 0.3) is 0 Å². The molecule has 1 aliphatic heterocycles. The molecular weight excluding hydrogens is 474 g/mol. The van der Waals surface area contributed by atoms with Gasteiger partial charge in [0.1, 0.15) is 0 Å². The largest absolute Gasteiger partial charge is 0.390 e. The maximum Gasteiger partial charge on any atom is 0.251 e. The molecule has 2 aromatic rings. The van der Waals surface area contributed by atoms with E-state index in [1.165, 1.54) is 6.42 Å². The molecule has 208 valence electrons. The monoisotopic (exact) mass is 521 g/mol. The third kappa shape index (κ3) is 9.25. The number of anilines is 1. The average molecular weight is 522 g/mol. The Morgan fingerprint density at radius 2 is 1.82 bits per heavy atom. The van der Waals surface area contributed by atoms with Crippen molar-refractivity contribution >= 4 is 17.5 Å². The number of carbonyl (C=O) groups excluding carboxylic acids is 2. The zero-order chi connectivity index (χ0) is 27.5. The van der Waals surface area contributed by atoms with Crippen LogP contribution < -0.4 is 15.5 Å². The van der Waals surface area contributed by atoms with Crippen LogP contribution in [0.4, 0.5) is 5.69 Å². The summed E-state index contributed by atoms with van der Waals surface area (Å²) < 4.78 is 0. The number of carbonyl (C=O) groups is 2. The van der Waals surface area contributed by atoms with Crippen molar-refractivity contribution in [3.8, 4) is 0 Å². The summed E-state index contributed by atoms with van der Waals surface area (Å²) in [5, 5.41) is 17.8. The van der Waals surface area contributed by atoms with Crippen LogP contribution >= 0.6 is 0 Å². The molecule has 1 aliphatic rings. The maximum atomic E-state index is 13.6. The van der Waals surface area contributed by atoms with Gasteiger partial charge in [0.2, 0.25) is 5.91 Å². The lowest BCUT2D eigenvalue weighted by atomic mass is 9.99. The van der Waals surface area contributed by atoms with Crippen LogP contribution in [0.1, 0.15) is 87.7 Å². The highest BCUT2D eigenvalue weighted by atomic mass is 16.3. The Morgan fingerprint density at radius 3 is 2.47 bits per heavy atom. The number of aryl methyl sites for hydroxylation is 1. The van der Waals surface area contributed by atoms with Gasteiger partial charge in [0.25, 0.3) is 5.91 Å². The minimum atomic E-state index is -0.745. The number of aliphatic hydroxyl groups is 1. The van der Waals surface area contributed by atoms with Crippen molar-refractivity contribution in [1.29, 1.82) is 0 Å². The Morgan fingerprint density at radius 1 is 1.05 bits per heavy atom. The number of rotatable bonds is 15. The molecule has 2 aromatic carbocycles. The van der Waals surface area contributed by atoms with Crippen molar-refractivity contribution in [3.63, 3.8) is 0 Å². The average Bonchev–Trinajstić information content (AvgIpc) is 3.33. The summed E-state index contributed by atoms with van der Waals surface area (Å²) in [6.45, 7) is 9.83. The zero-order valence-electron chi connectivity index (χ0n) is 23.7. The van der Waals surface area contributed by atoms with Gasteiger partial charge in [0, 0.05) is 36.8 Å². The Kier molecular flexibility index (Phi) is 11.8. The molecule has 2 amide bonds. The molecule has 38 heavy (non-hydrogen) atoms. The number of benzene rings is 2. The first-order chi connectivity index (χ1) is 18.3. The minimum absolute atomic E-state index is 0.107. The van der Waals surface area contributed by atoms with E-state index in [1.54, 1.807) is 4.90 Å². The molecule has 0 aromatic heterocycles. The molecule has 0 saturated carbocycles. The van der Waals surface area contributed by atoms with E-state index in [4.69, 9.17) is 0 Å². The van der Waals surface area contributed by atoms with Crippen molar-refractivity contribution in [1.82, 2.24) is 10.6 Å². The van der Waals surface area contributed by atoms with Crippen LogP contribution in [0.15, 0.2) is 48.5 Å². The molecule has 3 rings (SSSR count). The topological polar surface area (TPSA) is 81.7 Å². The molecule has 0 spiro atoms. The van der Waals surface area contributed by atoms with E-state index in [9.17, 15) is 14.7 Å². The van der Waals surface area contributed by atoms with Crippen LogP contribution in [-0.4, -0.2) is 48.2 Å². The fraction of sp³-hybridized carbons (Fsp3) is 0.562. The summed E-state index contributed by atoms with van der Waals surface area (Å²) in [6.07, 6.45) is 6.38. The maximum absolute atomic E-state index is 13.6. The van der Waals surface area contributed by atoms with Crippen molar-refractivity contribution in [2.24, 2.45) is 5.92 Å². The third-order valence-corrected chi connectivity index (χ3v) is 7.34. The molecule has 1 fully saturated rings. The van der Waals surface area contributed by atoms with E-state index in [0.717, 1.165) is 48.9 Å². The predicted molar refractivity (Wildman–Crippen MR) is 156 cm³/mol. The quantitative estimate of drug-likeness (QED) is 0.298. The molecule has 0 bridgehead atoms. The molecule has 6 nitrogen and oxygen atoms in total. The second-order valence-electron chi connectivity index (χ2n) is 11.3. The number of hydrogen-bond donors (Lipinski definition) is 3. The van der Waals surface area contributed by atoms with Gasteiger partial charge in [-0.15, -0.1) is 0 Å². The first-order valence-corrected chi connectivity index (χ1v) is 14.5. The Bertz CT molecular complexity index is 1020. The highest BCUT2D eigenvalue weighted by Crippen LogP contribution is 2.25. The number of nitrogens with zero attached hydrogens (tertiary/aromatic N) is 1. The first kappa shape index (κ1) is 29.9. The van der Waals surface area contributed by atoms with Crippen LogP contribution in [0.3, 0.4) is 0 Å². The summed E-state index contributed by atoms with van der Waals surface area (Å²) in [6, 6.07) is 15.6. The molecule has 3 N–H and O–H groups in total. The van der Waals surface area contributed by atoms with Gasteiger partial charge in [-0.2, -0.15) is 0 Å². The third-order valence-electron chi connectivity index (χ3n) is 7.34. The minimum Gasteiger partial charge on any atom is -0.390 e. The van der Waals surface area contributed by atoms with Crippen molar-refractivity contribution in [2.45, 2.75) is 97.2 Å². The normalized spacial score (nSPS) is 16.1. The standard InChI is InChI=1S/C32H47N3O3/c1-5-11-26-18-27(21-28(19-26)35-17-10-16-31(35)37)32(38)34-29(20-25-14-7-6-8-15-25)30(36)22-33-24(4)13-9-12-23(2)3/h6-8,14-15,18-19,21,23-24,29-30,33,36H,5,9-13,16-17,20,22H2,1-4H3,(H,34,38). The Hall–Kier alpha value is -2.70. The fourth-order valence-electron chi connectivity index (χ4n) is 5.12. The van der Waals surface area contributed by atoms with Crippen molar-refractivity contribution in [3.05, 3.63) is 65.2 Å². The van der Waals surface area contributed by atoms with Crippen molar-refractivity contribution < 1.29 is 14.7 Å². The SMILES string of the molecule is CCCc1cc(C(=O)NC(Cc2ccccc2)C(O)CNC(C)CCCC(C)C)cc(N2CCCC2=O)c1. The van der Waals surface area contributed by atoms with Gasteiger partial charge in [0.15, 0.2) is 0 Å². The lowest BCUT2D eigenvalue weighted by Crippen LogP contribution is -2.49. The fourth-order valence-corrected chi connectivity index (χ4v) is 5.12. The van der Waals surface area contributed by atoms with E-state index in [-0.39, 0.29) is 11.8 Å². The van der Waals surface area contributed by atoms with Crippen molar-refractivity contribution in [2.75, 3.05) is 18.0 Å². The van der Waals surface area contributed by atoms with Gasteiger partial charge in [-0.05, 0) is 67.9 Å². The molecule has 1 saturated heterocycles. The number of aliphatic hydroxyl groups excluding tert-OH is 1. The number of hydrogen-bond acceptors (Lipinski definition) is 4. The molecule has 1 heterocycles. The summed E-state index contributed by atoms with van der Waals surface area (Å²) in [5.74, 6) is 0.579. The van der Waals surface area contributed by atoms with Gasteiger partial charge < -0.3 is 20.6 Å². The van der Waals surface area contributed by atoms with E-state index in [2.05, 4.69) is 38.3 Å². The highest BCUT2D eigenvalue weighted by Gasteiger charge is 2.26. The molecule has 3 atom stereocenters. The molecule has 0 aliphatic carbocycles. The summed E-state index contributed by atoms with van der Waals surface area (Å²) in [5.41, 5.74) is 3.43. The van der Waals surface area contributed by atoms with E-state index in [0.29, 0.717) is 43.5 Å². The second kappa shape index (κ2) is 15.0. The van der Waals surface area contributed by atoms with E-state index < -0.39 is 12.1 Å². The molecule has 3 unspecified atom stereocenters. The number of nitrogens with one attached hydrogen (secondary N) is 2. The van der Waals surface area contributed by atoms with Gasteiger partial charge in [-0.3, -0.25) is 9.59 Å². The smallest absolute Gasteiger partial charge is 0.251 e. The molecule has 6 heteroatoms. The summed E-state index contributed by atoms with van der Waals surface area (Å²) in [7, 11) is 0. The zero-order valence-corrected chi connectivity index (χ0v) is 23.7. The second-order valence-corrected chi connectivity index (χ2v) is 11.3. The predicted octanol–water partition coefficient (Wildman–Crippen LogP) is 5.27. The van der Waals surface area contributed by atoms with Crippen LogP contribution in [0.2, 0.25) is 0 Å². The van der Waals surface area contributed by atoms with E-state index >= 15 is 0 Å². The van der Waals surface area contributed by atoms with Crippen LogP contribution in [0.5, 0.6) is 0 Å².